The van der Waals surface area contributed by atoms with Crippen molar-refractivity contribution in [1.29, 1.82) is 0 Å². The van der Waals surface area contributed by atoms with Crippen molar-refractivity contribution < 1.29 is 17.6 Å². The van der Waals surface area contributed by atoms with Gasteiger partial charge in [0.2, 0.25) is 21.8 Å². The van der Waals surface area contributed by atoms with Gasteiger partial charge >= 0.3 is 0 Å². The second-order valence-corrected chi connectivity index (χ2v) is 9.54. The van der Waals surface area contributed by atoms with Crippen LogP contribution in [0, 0.1) is 0 Å². The van der Waals surface area contributed by atoms with E-state index in [0.717, 1.165) is 25.2 Å². The number of hydrogen-bond acceptors (Lipinski definition) is 6. The van der Waals surface area contributed by atoms with Crippen LogP contribution in [-0.4, -0.2) is 61.2 Å². The van der Waals surface area contributed by atoms with Crippen LogP contribution < -0.4 is 5.32 Å². The van der Waals surface area contributed by atoms with Crippen LogP contribution in [0.15, 0.2) is 70.2 Å². The van der Waals surface area contributed by atoms with E-state index in [1.165, 1.54) is 22.7 Å². The summed E-state index contributed by atoms with van der Waals surface area (Å²) in [7, 11) is -3.54. The van der Waals surface area contributed by atoms with Crippen LogP contribution in [0.3, 0.4) is 0 Å². The molecule has 3 aromatic rings. The first-order valence-electron chi connectivity index (χ1n) is 10.6. The third-order valence-electron chi connectivity index (χ3n) is 5.47. The highest BCUT2D eigenvalue weighted by atomic mass is 32.2. The molecular weight excluding hydrogens is 428 g/mol. The summed E-state index contributed by atoms with van der Waals surface area (Å²) >= 11 is 0. The number of aromatic nitrogens is 1. The quantitative estimate of drug-likeness (QED) is 0.590. The van der Waals surface area contributed by atoms with Gasteiger partial charge in [-0.3, -0.25) is 4.79 Å². The van der Waals surface area contributed by atoms with Crippen molar-refractivity contribution in [2.75, 3.05) is 38.0 Å². The molecule has 1 amide bonds. The average Bonchev–Trinajstić information content (AvgIpc) is 3.28. The molecule has 1 N–H and O–H groups in total. The SMILES string of the molecule is CCN1CCN(S(=O)(=O)c2ccc(NC(=O)Cc3coc(-c4ccccc4)n3)cc2)CC1. The van der Waals surface area contributed by atoms with Crippen LogP contribution in [0.2, 0.25) is 0 Å². The topological polar surface area (TPSA) is 95.8 Å². The number of rotatable bonds is 7. The van der Waals surface area contributed by atoms with Gasteiger partial charge in [0.25, 0.3) is 0 Å². The number of sulfonamides is 1. The first kappa shape index (κ1) is 22.2. The molecule has 0 bridgehead atoms. The van der Waals surface area contributed by atoms with Gasteiger partial charge in [0.05, 0.1) is 17.0 Å². The Bertz CT molecular complexity index is 1150. The lowest BCUT2D eigenvalue weighted by atomic mass is 10.2. The fourth-order valence-corrected chi connectivity index (χ4v) is 5.04. The van der Waals surface area contributed by atoms with Crippen LogP contribution in [0.25, 0.3) is 11.5 Å². The lowest BCUT2D eigenvalue weighted by Crippen LogP contribution is -2.48. The molecule has 0 radical (unpaired) electrons. The van der Waals surface area contributed by atoms with Crippen molar-refractivity contribution in [2.24, 2.45) is 0 Å². The number of anilines is 1. The first-order valence-corrected chi connectivity index (χ1v) is 12.0. The minimum absolute atomic E-state index is 0.0537. The van der Waals surface area contributed by atoms with Crippen molar-refractivity contribution in [3.63, 3.8) is 0 Å². The van der Waals surface area contributed by atoms with Gasteiger partial charge in [0, 0.05) is 37.4 Å². The lowest BCUT2D eigenvalue weighted by Gasteiger charge is -2.33. The number of oxazole rings is 1. The van der Waals surface area contributed by atoms with Gasteiger partial charge in [-0.25, -0.2) is 13.4 Å². The number of carbonyl (C=O) groups excluding carboxylic acids is 1. The Morgan fingerprint density at radius 3 is 2.38 bits per heavy atom. The third-order valence-corrected chi connectivity index (χ3v) is 7.38. The maximum absolute atomic E-state index is 12.9. The van der Waals surface area contributed by atoms with Gasteiger partial charge in [-0.2, -0.15) is 4.31 Å². The van der Waals surface area contributed by atoms with Gasteiger partial charge in [-0.1, -0.05) is 25.1 Å². The highest BCUT2D eigenvalue weighted by Crippen LogP contribution is 2.21. The third kappa shape index (κ3) is 5.07. The molecule has 0 unspecified atom stereocenters. The summed E-state index contributed by atoms with van der Waals surface area (Å²) in [5.74, 6) is 0.201. The van der Waals surface area contributed by atoms with E-state index in [2.05, 4.69) is 22.1 Å². The average molecular weight is 455 g/mol. The Morgan fingerprint density at radius 1 is 1.03 bits per heavy atom. The summed E-state index contributed by atoms with van der Waals surface area (Å²) in [5.41, 5.74) is 1.88. The van der Waals surface area contributed by atoms with E-state index in [4.69, 9.17) is 4.42 Å². The molecule has 1 aliphatic rings. The van der Waals surface area contributed by atoms with Gasteiger partial charge < -0.3 is 14.6 Å². The summed E-state index contributed by atoms with van der Waals surface area (Å²) in [4.78, 5) is 19.2. The summed E-state index contributed by atoms with van der Waals surface area (Å²) in [5, 5.41) is 2.78. The van der Waals surface area contributed by atoms with Gasteiger partial charge in [-0.05, 0) is 42.9 Å². The molecule has 9 heteroatoms. The van der Waals surface area contributed by atoms with E-state index < -0.39 is 10.0 Å². The molecule has 1 fully saturated rings. The minimum atomic E-state index is -3.54. The maximum atomic E-state index is 12.9. The molecular formula is C23H26N4O4S. The van der Waals surface area contributed by atoms with E-state index in [1.54, 1.807) is 12.1 Å². The molecule has 2 aromatic carbocycles. The van der Waals surface area contributed by atoms with Crippen molar-refractivity contribution in [1.82, 2.24) is 14.2 Å². The molecule has 0 saturated carbocycles. The van der Waals surface area contributed by atoms with Gasteiger partial charge in [-0.15, -0.1) is 0 Å². The van der Waals surface area contributed by atoms with Crippen molar-refractivity contribution >= 4 is 21.6 Å². The van der Waals surface area contributed by atoms with Crippen LogP contribution >= 0.6 is 0 Å². The zero-order chi connectivity index (χ0) is 22.6. The number of piperazine rings is 1. The molecule has 0 atom stereocenters. The Morgan fingerprint density at radius 2 is 1.72 bits per heavy atom. The molecule has 1 aromatic heterocycles. The van der Waals surface area contributed by atoms with Crippen LogP contribution in [0.4, 0.5) is 5.69 Å². The zero-order valence-electron chi connectivity index (χ0n) is 17.9. The highest BCUT2D eigenvalue weighted by Gasteiger charge is 2.27. The van der Waals surface area contributed by atoms with Crippen LogP contribution in [-0.2, 0) is 21.2 Å². The number of nitrogens with zero attached hydrogens (tertiary/aromatic N) is 3. The van der Waals surface area contributed by atoms with Crippen LogP contribution in [0.1, 0.15) is 12.6 Å². The Labute approximate surface area is 187 Å². The Kier molecular flexibility index (Phi) is 6.69. The van der Waals surface area contributed by atoms with Crippen molar-refractivity contribution in [3.05, 3.63) is 66.6 Å². The largest absolute Gasteiger partial charge is 0.444 e. The predicted octanol–water partition coefficient (Wildman–Crippen LogP) is 2.85. The molecule has 168 valence electrons. The van der Waals surface area contributed by atoms with E-state index >= 15 is 0 Å². The van der Waals surface area contributed by atoms with Crippen LogP contribution in [0.5, 0.6) is 0 Å². The number of nitrogens with one attached hydrogen (secondary N) is 1. The van der Waals surface area contributed by atoms with Gasteiger partial charge in [0.1, 0.15) is 6.26 Å². The first-order chi connectivity index (χ1) is 15.5. The molecule has 2 heterocycles. The molecule has 4 rings (SSSR count). The van der Waals surface area contributed by atoms with E-state index in [1.807, 2.05) is 30.3 Å². The molecule has 8 nitrogen and oxygen atoms in total. The fourth-order valence-electron chi connectivity index (χ4n) is 3.62. The fraction of sp³-hybridized carbons (Fsp3) is 0.304. The predicted molar refractivity (Wildman–Crippen MR) is 122 cm³/mol. The van der Waals surface area contributed by atoms with E-state index in [9.17, 15) is 13.2 Å². The molecule has 0 spiro atoms. The molecule has 0 aliphatic carbocycles. The highest BCUT2D eigenvalue weighted by molar-refractivity contribution is 7.89. The summed E-state index contributed by atoms with van der Waals surface area (Å²) in [6.07, 6.45) is 1.52. The minimum Gasteiger partial charge on any atom is -0.444 e. The molecule has 1 saturated heterocycles. The Balaban J connectivity index is 1.35. The summed E-state index contributed by atoms with van der Waals surface area (Å²) in [6, 6.07) is 15.7. The Hall–Kier alpha value is -3.01. The number of amides is 1. The summed E-state index contributed by atoms with van der Waals surface area (Å²) in [6.45, 7) is 5.43. The summed E-state index contributed by atoms with van der Waals surface area (Å²) < 4.78 is 32.7. The maximum Gasteiger partial charge on any atom is 0.243 e. The second-order valence-electron chi connectivity index (χ2n) is 7.60. The molecule has 1 aliphatic heterocycles. The van der Waals surface area contributed by atoms with Gasteiger partial charge in [0.15, 0.2) is 0 Å². The standard InChI is InChI=1S/C23H26N4O4S/c1-2-26-12-14-27(15-13-26)32(29,30)21-10-8-19(9-11-21)24-22(28)16-20-17-31-23(25-20)18-6-4-3-5-7-18/h3-11,17H,2,12-16H2,1H3,(H,24,28). The number of benzene rings is 2. The molecule has 32 heavy (non-hydrogen) atoms. The van der Waals surface area contributed by atoms with Crippen molar-refractivity contribution in [3.8, 4) is 11.5 Å². The lowest BCUT2D eigenvalue weighted by molar-refractivity contribution is -0.115. The number of likely N-dealkylation sites (N-methyl/N-ethyl adjacent to an activating group) is 1. The monoisotopic (exact) mass is 454 g/mol. The van der Waals surface area contributed by atoms with E-state index in [0.29, 0.717) is 30.4 Å². The van der Waals surface area contributed by atoms with E-state index in [-0.39, 0.29) is 17.2 Å². The number of hydrogen-bond donors (Lipinski definition) is 1. The zero-order valence-corrected chi connectivity index (χ0v) is 18.7. The van der Waals surface area contributed by atoms with Crippen molar-refractivity contribution in [2.45, 2.75) is 18.2 Å². The normalized spacial score (nSPS) is 15.5. The number of carbonyl (C=O) groups is 1. The smallest absolute Gasteiger partial charge is 0.243 e. The second kappa shape index (κ2) is 9.64.